The van der Waals surface area contributed by atoms with Gasteiger partial charge in [-0.25, -0.2) is 9.78 Å². The summed E-state index contributed by atoms with van der Waals surface area (Å²) < 4.78 is 0. The molecule has 0 radical (unpaired) electrons. The van der Waals surface area contributed by atoms with Gasteiger partial charge in [0.25, 0.3) is 5.91 Å². The van der Waals surface area contributed by atoms with Crippen molar-refractivity contribution in [2.45, 2.75) is 37.9 Å². The number of thiazole rings is 1. The van der Waals surface area contributed by atoms with Gasteiger partial charge in [-0.15, -0.1) is 11.3 Å². The third-order valence-corrected chi connectivity index (χ3v) is 6.27. The minimum atomic E-state index is -0.707. The van der Waals surface area contributed by atoms with Crippen molar-refractivity contribution in [1.29, 1.82) is 0 Å². The van der Waals surface area contributed by atoms with E-state index in [0.29, 0.717) is 17.8 Å². The van der Waals surface area contributed by atoms with Gasteiger partial charge in [-0.2, -0.15) is 0 Å². The Labute approximate surface area is 162 Å². The maximum Gasteiger partial charge on any atom is 0.280 e. The molecule has 1 aliphatic heterocycles. The molecule has 2 heterocycles. The van der Waals surface area contributed by atoms with E-state index in [9.17, 15) is 14.4 Å². The number of hydrogen-bond donors (Lipinski definition) is 2. The Kier molecular flexibility index (Phi) is 5.76. The molecular formula is C18H25N5O3S. The lowest BCUT2D eigenvalue weighted by Crippen LogP contribution is -2.54. The molecule has 1 fully saturated rings. The first-order valence-corrected chi connectivity index (χ1v) is 9.83. The van der Waals surface area contributed by atoms with E-state index in [0.717, 1.165) is 30.1 Å². The lowest BCUT2D eigenvalue weighted by Gasteiger charge is -2.35. The maximum absolute atomic E-state index is 12.8. The number of carbonyl (C=O) groups is 2. The fraction of sp³-hybridized carbons (Fsp3) is 0.611. The molecule has 2 amide bonds. The van der Waals surface area contributed by atoms with Crippen molar-refractivity contribution >= 4 is 29.1 Å². The molecule has 9 heteroatoms. The summed E-state index contributed by atoms with van der Waals surface area (Å²) in [6, 6.07) is -1.14. The average molecular weight is 391 g/mol. The van der Waals surface area contributed by atoms with Crippen LogP contribution < -0.4 is 11.1 Å². The van der Waals surface area contributed by atoms with Crippen molar-refractivity contribution < 1.29 is 14.4 Å². The highest BCUT2D eigenvalue weighted by Gasteiger charge is 2.39. The van der Waals surface area contributed by atoms with E-state index < -0.39 is 18.0 Å². The normalized spacial score (nSPS) is 25.5. The van der Waals surface area contributed by atoms with E-state index in [2.05, 4.69) is 15.2 Å². The Morgan fingerprint density at radius 3 is 2.78 bits per heavy atom. The van der Waals surface area contributed by atoms with Crippen LogP contribution in [-0.2, 0) is 22.6 Å². The molecule has 0 bridgehead atoms. The smallest absolute Gasteiger partial charge is 0.280 e. The van der Waals surface area contributed by atoms with Crippen molar-refractivity contribution in [3.8, 4) is 0 Å². The van der Waals surface area contributed by atoms with Gasteiger partial charge in [0.05, 0.1) is 17.7 Å². The Hall–Kier alpha value is -2.06. The molecule has 1 aliphatic carbocycles. The van der Waals surface area contributed by atoms with Crippen LogP contribution in [0.15, 0.2) is 5.57 Å². The van der Waals surface area contributed by atoms with Gasteiger partial charge in [0, 0.05) is 50.1 Å². The molecule has 1 aromatic heterocycles. The molecule has 0 saturated heterocycles. The Morgan fingerprint density at radius 2 is 2.11 bits per heavy atom. The fourth-order valence-electron chi connectivity index (χ4n) is 3.64. The quantitative estimate of drug-likeness (QED) is 0.692. The summed E-state index contributed by atoms with van der Waals surface area (Å²) in [6.45, 7) is 1.69. The van der Waals surface area contributed by atoms with Crippen molar-refractivity contribution in [3.63, 3.8) is 0 Å². The second-order valence-electron chi connectivity index (χ2n) is 7.41. The molecule has 146 valence electrons. The molecule has 1 saturated carbocycles. The molecule has 3 rings (SSSR count). The summed E-state index contributed by atoms with van der Waals surface area (Å²) >= 11 is 1.37. The van der Waals surface area contributed by atoms with Crippen LogP contribution in [0.25, 0.3) is 0 Å². The Bertz CT molecular complexity index is 799. The number of nitrogens with zero attached hydrogens (tertiary/aromatic N) is 3. The fourth-order valence-corrected chi connectivity index (χ4v) is 4.73. The molecule has 8 nitrogen and oxygen atoms in total. The molecule has 27 heavy (non-hydrogen) atoms. The summed E-state index contributed by atoms with van der Waals surface area (Å²) in [5, 5.41) is 3.20. The van der Waals surface area contributed by atoms with Crippen molar-refractivity contribution in [2.75, 3.05) is 27.7 Å². The van der Waals surface area contributed by atoms with Crippen molar-refractivity contribution in [3.05, 3.63) is 21.2 Å². The van der Waals surface area contributed by atoms with Crippen LogP contribution in [0.2, 0.25) is 0 Å². The SMILES string of the molecule is CN1CCc2nc(C(=O)NC3C(=C=O)C(C(=O)N(C)C)CCC3N)sc2C1. The molecule has 3 N–H and O–H groups in total. The number of likely N-dealkylation sites (N-methyl/N-ethyl adjacent to an activating group) is 1. The van der Waals surface area contributed by atoms with Crippen LogP contribution in [0.4, 0.5) is 0 Å². The number of amides is 2. The standard InChI is InChI=1S/C18H25N5O3S/c1-22(2)18(26)10-4-5-12(19)15(11(10)9-24)21-16(25)17-20-13-6-7-23(3)8-14(13)27-17/h10,12,15H,4-8,19H2,1-3H3,(H,21,25). The zero-order valence-corrected chi connectivity index (χ0v) is 16.6. The van der Waals surface area contributed by atoms with Crippen LogP contribution >= 0.6 is 11.3 Å². The van der Waals surface area contributed by atoms with Crippen LogP contribution in [0.5, 0.6) is 0 Å². The third-order valence-electron chi connectivity index (χ3n) is 5.19. The van der Waals surface area contributed by atoms with Crippen LogP contribution in [0.1, 0.15) is 33.2 Å². The van der Waals surface area contributed by atoms with Gasteiger partial charge in [0.1, 0.15) is 5.94 Å². The first-order valence-electron chi connectivity index (χ1n) is 9.01. The largest absolute Gasteiger partial charge is 0.348 e. The molecule has 3 unspecified atom stereocenters. The summed E-state index contributed by atoms with van der Waals surface area (Å²) in [6.07, 6.45) is 1.84. The molecule has 1 aromatic rings. The number of aromatic nitrogens is 1. The molecular weight excluding hydrogens is 366 g/mol. The minimum absolute atomic E-state index is 0.174. The minimum Gasteiger partial charge on any atom is -0.348 e. The van der Waals surface area contributed by atoms with Gasteiger partial charge >= 0.3 is 0 Å². The van der Waals surface area contributed by atoms with Crippen LogP contribution in [0.3, 0.4) is 0 Å². The Morgan fingerprint density at radius 1 is 1.37 bits per heavy atom. The number of hydrogen-bond acceptors (Lipinski definition) is 7. The zero-order chi connectivity index (χ0) is 19.7. The van der Waals surface area contributed by atoms with E-state index in [1.165, 1.54) is 16.2 Å². The molecule has 2 aliphatic rings. The topological polar surface area (TPSA) is 109 Å². The Balaban J connectivity index is 1.79. The average Bonchev–Trinajstić information content (AvgIpc) is 3.05. The number of nitrogens with one attached hydrogen (secondary N) is 1. The van der Waals surface area contributed by atoms with E-state index in [4.69, 9.17) is 5.73 Å². The number of nitrogens with two attached hydrogens (primary N) is 1. The number of rotatable bonds is 3. The van der Waals surface area contributed by atoms with E-state index in [-0.39, 0.29) is 17.4 Å². The molecule has 0 spiro atoms. The van der Waals surface area contributed by atoms with Gasteiger partial charge in [0.15, 0.2) is 5.01 Å². The third kappa shape index (κ3) is 3.96. The van der Waals surface area contributed by atoms with Gasteiger partial charge in [0.2, 0.25) is 5.91 Å². The summed E-state index contributed by atoms with van der Waals surface area (Å²) in [7, 11) is 5.32. The first-order chi connectivity index (χ1) is 12.8. The zero-order valence-electron chi connectivity index (χ0n) is 15.8. The highest BCUT2D eigenvalue weighted by atomic mass is 32.1. The lowest BCUT2D eigenvalue weighted by molar-refractivity contribution is -0.132. The second kappa shape index (κ2) is 7.90. The summed E-state index contributed by atoms with van der Waals surface area (Å²) in [5.74, 6) is 0.754. The van der Waals surface area contributed by atoms with Crippen molar-refractivity contribution in [1.82, 2.24) is 20.1 Å². The maximum atomic E-state index is 12.8. The summed E-state index contributed by atoms with van der Waals surface area (Å²) in [5.41, 5.74) is 7.35. The number of carbonyl (C=O) groups excluding carboxylic acids is 3. The van der Waals surface area contributed by atoms with Crippen molar-refractivity contribution in [2.24, 2.45) is 11.7 Å². The number of fused-ring (bicyclic) bond motifs is 1. The van der Waals surface area contributed by atoms with Crippen LogP contribution in [-0.4, -0.2) is 72.3 Å². The van der Waals surface area contributed by atoms with Gasteiger partial charge in [-0.1, -0.05) is 0 Å². The van der Waals surface area contributed by atoms with E-state index >= 15 is 0 Å². The molecule has 3 atom stereocenters. The van der Waals surface area contributed by atoms with Crippen LogP contribution in [0, 0.1) is 5.92 Å². The molecule has 0 aromatic carbocycles. The second-order valence-corrected chi connectivity index (χ2v) is 8.50. The predicted octanol–water partition coefficient (Wildman–Crippen LogP) is -0.187. The summed E-state index contributed by atoms with van der Waals surface area (Å²) in [4.78, 5) is 46.0. The highest BCUT2D eigenvalue weighted by molar-refractivity contribution is 7.13. The van der Waals surface area contributed by atoms with E-state index in [1.54, 1.807) is 14.1 Å². The lowest BCUT2D eigenvalue weighted by atomic mass is 9.78. The predicted molar refractivity (Wildman–Crippen MR) is 102 cm³/mol. The van der Waals surface area contributed by atoms with E-state index in [1.807, 2.05) is 13.0 Å². The van der Waals surface area contributed by atoms with Gasteiger partial charge in [-0.3, -0.25) is 9.59 Å². The monoisotopic (exact) mass is 391 g/mol. The first kappa shape index (κ1) is 19.7. The highest BCUT2D eigenvalue weighted by Crippen LogP contribution is 2.30. The van der Waals surface area contributed by atoms with Gasteiger partial charge < -0.3 is 20.9 Å². The van der Waals surface area contributed by atoms with Gasteiger partial charge in [-0.05, 0) is 19.9 Å².